The summed E-state index contributed by atoms with van der Waals surface area (Å²) in [5.41, 5.74) is 7.67. The van der Waals surface area contributed by atoms with E-state index in [0.29, 0.717) is 29.4 Å². The van der Waals surface area contributed by atoms with Gasteiger partial charge >= 0.3 is 5.97 Å². The van der Waals surface area contributed by atoms with Gasteiger partial charge < -0.3 is 20.3 Å². The molecule has 1 heterocycles. The molecular formula is C24H26N2O4. The van der Waals surface area contributed by atoms with Crippen LogP contribution < -0.4 is 15.2 Å². The van der Waals surface area contributed by atoms with Crippen LogP contribution in [0.25, 0.3) is 0 Å². The van der Waals surface area contributed by atoms with Gasteiger partial charge in [-0.1, -0.05) is 30.3 Å². The normalized spacial score (nSPS) is 11.6. The number of ether oxygens (including phenoxy) is 2. The number of nitrogens with zero attached hydrogens (tertiary/aromatic N) is 1. The molecule has 0 saturated carbocycles. The van der Waals surface area contributed by atoms with Gasteiger partial charge in [0.1, 0.15) is 17.2 Å². The van der Waals surface area contributed by atoms with Crippen LogP contribution in [-0.4, -0.2) is 22.7 Å². The summed E-state index contributed by atoms with van der Waals surface area (Å²) in [4.78, 5) is 15.4. The summed E-state index contributed by atoms with van der Waals surface area (Å²) < 4.78 is 11.7. The third-order valence-corrected chi connectivity index (χ3v) is 4.60. The molecule has 0 bridgehead atoms. The Labute approximate surface area is 176 Å². The van der Waals surface area contributed by atoms with Gasteiger partial charge in [-0.25, -0.2) is 0 Å². The zero-order chi connectivity index (χ0) is 21.2. The average molecular weight is 406 g/mol. The third-order valence-electron chi connectivity index (χ3n) is 4.60. The Balaban J connectivity index is 1.54. The molecule has 0 aliphatic carbocycles. The Hall–Kier alpha value is -3.38. The summed E-state index contributed by atoms with van der Waals surface area (Å²) in [6.07, 6.45) is 4.24. The maximum atomic E-state index is 11.2. The molecule has 30 heavy (non-hydrogen) atoms. The minimum Gasteiger partial charge on any atom is -0.493 e. The van der Waals surface area contributed by atoms with Crippen LogP contribution in [0.5, 0.6) is 17.2 Å². The lowest BCUT2D eigenvalue weighted by Gasteiger charge is -2.14. The number of unbranched alkanes of at least 4 members (excludes halogenated alkanes) is 1. The first-order valence-corrected chi connectivity index (χ1v) is 9.99. The number of carboxylic acid groups (broad SMARTS) is 1. The molecule has 6 heteroatoms. The first-order valence-electron chi connectivity index (χ1n) is 9.99. The van der Waals surface area contributed by atoms with Gasteiger partial charge in [0.2, 0.25) is 0 Å². The highest BCUT2D eigenvalue weighted by Crippen LogP contribution is 2.30. The number of pyridine rings is 1. The molecule has 1 aromatic heterocycles. The van der Waals surface area contributed by atoms with E-state index in [9.17, 15) is 4.79 Å². The number of nitrogens with two attached hydrogens (primary N) is 1. The number of carbonyl (C=O) groups is 1. The fourth-order valence-corrected chi connectivity index (χ4v) is 3.04. The minimum absolute atomic E-state index is 0.0765. The van der Waals surface area contributed by atoms with Gasteiger partial charge in [-0.3, -0.25) is 9.78 Å². The van der Waals surface area contributed by atoms with E-state index in [4.69, 9.17) is 20.3 Å². The Morgan fingerprint density at radius 2 is 1.80 bits per heavy atom. The average Bonchev–Trinajstić information content (AvgIpc) is 2.76. The monoisotopic (exact) mass is 406 g/mol. The number of aliphatic carboxylic acids is 1. The predicted octanol–water partition coefficient (Wildman–Crippen LogP) is 4.75. The maximum Gasteiger partial charge on any atom is 0.307 e. The zero-order valence-electron chi connectivity index (χ0n) is 16.7. The van der Waals surface area contributed by atoms with Crippen LogP contribution >= 0.6 is 0 Å². The van der Waals surface area contributed by atoms with Crippen molar-refractivity contribution in [2.24, 2.45) is 5.73 Å². The summed E-state index contributed by atoms with van der Waals surface area (Å²) in [6, 6.07) is 20.2. The van der Waals surface area contributed by atoms with E-state index >= 15 is 0 Å². The summed E-state index contributed by atoms with van der Waals surface area (Å²) in [6.45, 7) is 0.540. The van der Waals surface area contributed by atoms with Gasteiger partial charge in [0.15, 0.2) is 0 Å². The van der Waals surface area contributed by atoms with E-state index in [1.54, 1.807) is 24.4 Å². The van der Waals surface area contributed by atoms with E-state index in [2.05, 4.69) is 4.98 Å². The maximum absolute atomic E-state index is 11.2. The summed E-state index contributed by atoms with van der Waals surface area (Å²) in [5, 5.41) is 9.15. The smallest absolute Gasteiger partial charge is 0.307 e. The first-order chi connectivity index (χ1) is 14.6. The number of para-hydroxylation sites is 1. The molecule has 0 aliphatic heterocycles. The van der Waals surface area contributed by atoms with Crippen LogP contribution in [0.3, 0.4) is 0 Å². The minimum atomic E-state index is -0.911. The number of aromatic nitrogens is 1. The molecular weight excluding hydrogens is 380 g/mol. The Morgan fingerprint density at radius 3 is 2.53 bits per heavy atom. The molecule has 0 saturated heterocycles. The molecule has 3 aromatic rings. The van der Waals surface area contributed by atoms with Crippen LogP contribution in [0.2, 0.25) is 0 Å². The molecule has 3 rings (SSSR count). The molecule has 2 aromatic carbocycles. The highest BCUT2D eigenvalue weighted by atomic mass is 16.5. The SMILES string of the molecule is NC(CCCCOc1ccc(CC(=O)O)c(Oc2ccccc2)c1)c1ccccn1. The lowest BCUT2D eigenvalue weighted by Crippen LogP contribution is -2.12. The number of carboxylic acids is 1. The highest BCUT2D eigenvalue weighted by molar-refractivity contribution is 5.71. The van der Waals surface area contributed by atoms with Gasteiger partial charge in [0, 0.05) is 23.9 Å². The quantitative estimate of drug-likeness (QED) is 0.446. The van der Waals surface area contributed by atoms with Crippen molar-refractivity contribution in [3.8, 4) is 17.2 Å². The van der Waals surface area contributed by atoms with Gasteiger partial charge in [0.05, 0.1) is 18.7 Å². The number of hydrogen-bond acceptors (Lipinski definition) is 5. The van der Waals surface area contributed by atoms with Crippen molar-refractivity contribution < 1.29 is 19.4 Å². The van der Waals surface area contributed by atoms with Gasteiger partial charge in [0.25, 0.3) is 0 Å². The summed E-state index contributed by atoms with van der Waals surface area (Å²) >= 11 is 0. The topological polar surface area (TPSA) is 94.7 Å². The Kier molecular flexibility index (Phi) is 7.80. The van der Waals surface area contributed by atoms with Crippen molar-refractivity contribution >= 4 is 5.97 Å². The van der Waals surface area contributed by atoms with Gasteiger partial charge in [-0.15, -0.1) is 0 Å². The van der Waals surface area contributed by atoms with Crippen LogP contribution in [0.1, 0.15) is 36.6 Å². The van der Waals surface area contributed by atoms with Crippen molar-refractivity contribution in [3.63, 3.8) is 0 Å². The molecule has 1 atom stereocenters. The second-order valence-corrected chi connectivity index (χ2v) is 6.96. The highest BCUT2D eigenvalue weighted by Gasteiger charge is 2.11. The predicted molar refractivity (Wildman–Crippen MR) is 115 cm³/mol. The van der Waals surface area contributed by atoms with Crippen molar-refractivity contribution in [1.82, 2.24) is 4.98 Å². The van der Waals surface area contributed by atoms with E-state index in [-0.39, 0.29) is 12.5 Å². The summed E-state index contributed by atoms with van der Waals surface area (Å²) in [7, 11) is 0. The second-order valence-electron chi connectivity index (χ2n) is 6.96. The van der Waals surface area contributed by atoms with Crippen LogP contribution in [0.4, 0.5) is 0 Å². The molecule has 3 N–H and O–H groups in total. The fourth-order valence-electron chi connectivity index (χ4n) is 3.04. The molecule has 0 fully saturated rings. The standard InChI is InChI=1S/C24H26N2O4/c25-21(22-11-4-6-14-26-22)10-5-7-15-29-20-13-12-18(16-24(27)28)23(17-20)30-19-8-2-1-3-9-19/h1-4,6,8-9,11-14,17,21H,5,7,10,15-16,25H2,(H,27,28). The van der Waals surface area contributed by atoms with E-state index in [1.807, 2.05) is 48.5 Å². The van der Waals surface area contributed by atoms with Crippen molar-refractivity contribution in [3.05, 3.63) is 84.2 Å². The van der Waals surface area contributed by atoms with E-state index in [1.165, 1.54) is 0 Å². The second kappa shape index (κ2) is 11.0. The van der Waals surface area contributed by atoms with E-state index in [0.717, 1.165) is 25.0 Å². The van der Waals surface area contributed by atoms with Gasteiger partial charge in [-0.05, 0) is 49.6 Å². The van der Waals surface area contributed by atoms with Crippen molar-refractivity contribution in [2.75, 3.05) is 6.61 Å². The molecule has 0 spiro atoms. The number of benzene rings is 2. The largest absolute Gasteiger partial charge is 0.493 e. The van der Waals surface area contributed by atoms with E-state index < -0.39 is 5.97 Å². The number of hydrogen-bond donors (Lipinski definition) is 2. The van der Waals surface area contributed by atoms with Crippen molar-refractivity contribution in [2.45, 2.75) is 31.7 Å². The lowest BCUT2D eigenvalue weighted by molar-refractivity contribution is -0.136. The molecule has 156 valence electrons. The van der Waals surface area contributed by atoms with Gasteiger partial charge in [-0.2, -0.15) is 0 Å². The number of rotatable bonds is 11. The third kappa shape index (κ3) is 6.60. The van der Waals surface area contributed by atoms with Crippen LogP contribution in [0, 0.1) is 0 Å². The lowest BCUT2D eigenvalue weighted by atomic mass is 10.1. The molecule has 6 nitrogen and oxygen atoms in total. The summed E-state index contributed by atoms with van der Waals surface area (Å²) in [5.74, 6) is 0.859. The molecule has 0 amide bonds. The van der Waals surface area contributed by atoms with Crippen LogP contribution in [0.15, 0.2) is 72.9 Å². The first kappa shape index (κ1) is 21.3. The fraction of sp³-hybridized carbons (Fsp3) is 0.250. The Bertz CT molecular complexity index is 932. The molecule has 1 unspecified atom stereocenters. The molecule has 0 aliphatic rings. The Morgan fingerprint density at radius 1 is 1.00 bits per heavy atom. The van der Waals surface area contributed by atoms with Crippen LogP contribution in [-0.2, 0) is 11.2 Å². The molecule has 0 radical (unpaired) electrons. The van der Waals surface area contributed by atoms with Crippen molar-refractivity contribution in [1.29, 1.82) is 0 Å². The zero-order valence-corrected chi connectivity index (χ0v) is 16.7.